The minimum absolute atomic E-state index is 0.219. The lowest BCUT2D eigenvalue weighted by Crippen LogP contribution is -2.40. The van der Waals surface area contributed by atoms with E-state index in [4.69, 9.17) is 0 Å². The Morgan fingerprint density at radius 3 is 2.41 bits per heavy atom. The number of ether oxygens (including phenoxy) is 1. The zero-order valence-corrected chi connectivity index (χ0v) is 10.9. The van der Waals surface area contributed by atoms with Gasteiger partial charge in [0.2, 0.25) is 0 Å². The molecule has 17 heavy (non-hydrogen) atoms. The summed E-state index contributed by atoms with van der Waals surface area (Å²) in [6.45, 7) is 0.713. The standard InChI is InChI=1S/C11H20F3NOS/c1-17-10(5-3-2-4-6-10)9-15-7-8-16-11(12,13)14/h15H,2-9H2,1H3. The van der Waals surface area contributed by atoms with Crippen LogP contribution in [0, 0.1) is 0 Å². The molecule has 0 spiro atoms. The zero-order chi connectivity index (χ0) is 12.8. The van der Waals surface area contributed by atoms with Gasteiger partial charge in [0.1, 0.15) is 0 Å². The molecule has 0 unspecified atom stereocenters. The largest absolute Gasteiger partial charge is 0.522 e. The van der Waals surface area contributed by atoms with Gasteiger partial charge >= 0.3 is 6.36 Å². The molecule has 0 amide bonds. The molecule has 0 radical (unpaired) electrons. The molecule has 1 fully saturated rings. The van der Waals surface area contributed by atoms with Crippen molar-refractivity contribution in [2.75, 3.05) is 26.0 Å². The van der Waals surface area contributed by atoms with Crippen LogP contribution in [0.3, 0.4) is 0 Å². The first-order valence-corrected chi connectivity index (χ1v) is 7.16. The highest BCUT2D eigenvalue weighted by molar-refractivity contribution is 8.00. The maximum absolute atomic E-state index is 11.7. The van der Waals surface area contributed by atoms with Crippen LogP contribution < -0.4 is 5.32 Å². The van der Waals surface area contributed by atoms with E-state index < -0.39 is 6.36 Å². The molecular weight excluding hydrogens is 251 g/mol. The van der Waals surface area contributed by atoms with Crippen molar-refractivity contribution in [2.45, 2.75) is 43.2 Å². The van der Waals surface area contributed by atoms with Gasteiger partial charge in [-0.3, -0.25) is 4.74 Å². The van der Waals surface area contributed by atoms with Crippen LogP contribution in [0.1, 0.15) is 32.1 Å². The van der Waals surface area contributed by atoms with E-state index in [1.165, 1.54) is 19.3 Å². The Labute approximate surface area is 105 Å². The summed E-state index contributed by atoms with van der Waals surface area (Å²) in [6, 6.07) is 0. The van der Waals surface area contributed by atoms with E-state index >= 15 is 0 Å². The van der Waals surface area contributed by atoms with E-state index in [1.54, 1.807) is 0 Å². The first-order chi connectivity index (χ1) is 7.97. The van der Waals surface area contributed by atoms with Crippen molar-refractivity contribution in [1.29, 1.82) is 0 Å². The van der Waals surface area contributed by atoms with E-state index in [2.05, 4.69) is 16.3 Å². The Morgan fingerprint density at radius 1 is 1.24 bits per heavy atom. The monoisotopic (exact) mass is 271 g/mol. The molecule has 0 atom stereocenters. The minimum Gasteiger partial charge on any atom is -0.313 e. The fourth-order valence-corrected chi connectivity index (χ4v) is 3.15. The summed E-state index contributed by atoms with van der Waals surface area (Å²) in [5.41, 5.74) is 0. The quantitative estimate of drug-likeness (QED) is 0.750. The average Bonchev–Trinajstić information content (AvgIpc) is 2.28. The van der Waals surface area contributed by atoms with Crippen molar-refractivity contribution in [3.8, 4) is 0 Å². The number of hydrogen-bond donors (Lipinski definition) is 1. The number of rotatable bonds is 6. The SMILES string of the molecule is CSC1(CNCCOC(F)(F)F)CCCCC1. The van der Waals surface area contributed by atoms with Gasteiger partial charge in [-0.05, 0) is 19.1 Å². The molecule has 1 aliphatic carbocycles. The molecule has 0 saturated heterocycles. The number of nitrogens with one attached hydrogen (secondary N) is 1. The molecule has 1 N–H and O–H groups in total. The van der Waals surface area contributed by atoms with Gasteiger partial charge in [0.15, 0.2) is 0 Å². The maximum Gasteiger partial charge on any atom is 0.522 e. The molecule has 0 aromatic carbocycles. The third kappa shape index (κ3) is 5.97. The van der Waals surface area contributed by atoms with Crippen molar-refractivity contribution in [3.63, 3.8) is 0 Å². The van der Waals surface area contributed by atoms with Crippen molar-refractivity contribution < 1.29 is 17.9 Å². The van der Waals surface area contributed by atoms with Gasteiger partial charge in [0.05, 0.1) is 6.61 Å². The van der Waals surface area contributed by atoms with Gasteiger partial charge in [0.25, 0.3) is 0 Å². The minimum atomic E-state index is -4.51. The average molecular weight is 271 g/mol. The Bertz CT molecular complexity index is 217. The second-order valence-corrected chi connectivity index (χ2v) is 5.69. The van der Waals surface area contributed by atoms with Gasteiger partial charge in [-0.15, -0.1) is 13.2 Å². The molecule has 0 bridgehead atoms. The first kappa shape index (κ1) is 15.1. The van der Waals surface area contributed by atoms with Gasteiger partial charge in [0, 0.05) is 17.8 Å². The summed E-state index contributed by atoms with van der Waals surface area (Å²) in [4.78, 5) is 0. The second kappa shape index (κ2) is 6.85. The fraction of sp³-hybridized carbons (Fsp3) is 1.00. The van der Waals surface area contributed by atoms with Crippen LogP contribution in [0.15, 0.2) is 0 Å². The maximum atomic E-state index is 11.7. The molecule has 6 heteroatoms. The number of thioether (sulfide) groups is 1. The van der Waals surface area contributed by atoms with Crippen LogP contribution in [-0.4, -0.2) is 37.1 Å². The van der Waals surface area contributed by atoms with E-state index in [9.17, 15) is 13.2 Å². The number of hydrogen-bond acceptors (Lipinski definition) is 3. The number of halogens is 3. The van der Waals surface area contributed by atoms with Crippen LogP contribution in [0.5, 0.6) is 0 Å². The predicted molar refractivity (Wildman–Crippen MR) is 64.2 cm³/mol. The molecule has 0 aromatic rings. The Balaban J connectivity index is 2.15. The lowest BCUT2D eigenvalue weighted by Gasteiger charge is -2.36. The van der Waals surface area contributed by atoms with Gasteiger partial charge in [-0.25, -0.2) is 0 Å². The summed E-state index contributed by atoms with van der Waals surface area (Å²) in [6.07, 6.45) is 3.61. The smallest absolute Gasteiger partial charge is 0.313 e. The normalized spacial score (nSPS) is 20.5. The highest BCUT2D eigenvalue weighted by Gasteiger charge is 2.31. The lowest BCUT2D eigenvalue weighted by molar-refractivity contribution is -0.323. The van der Waals surface area contributed by atoms with Crippen LogP contribution >= 0.6 is 11.8 Å². The molecule has 0 aromatic heterocycles. The van der Waals surface area contributed by atoms with Crippen molar-refractivity contribution in [1.82, 2.24) is 5.32 Å². The van der Waals surface area contributed by atoms with E-state index in [1.807, 2.05) is 11.8 Å². The Kier molecular flexibility index (Phi) is 6.09. The predicted octanol–water partition coefficient (Wildman–Crippen LogP) is 3.18. The summed E-state index contributed by atoms with van der Waals surface area (Å²) in [5, 5.41) is 3.07. The van der Waals surface area contributed by atoms with Gasteiger partial charge in [-0.2, -0.15) is 11.8 Å². The molecule has 0 aliphatic heterocycles. The van der Waals surface area contributed by atoms with Gasteiger partial charge < -0.3 is 5.32 Å². The molecular formula is C11H20F3NOS. The Hall–Kier alpha value is 0.0600. The van der Waals surface area contributed by atoms with Crippen LogP contribution in [-0.2, 0) is 4.74 Å². The molecule has 1 saturated carbocycles. The van der Waals surface area contributed by atoms with Gasteiger partial charge in [-0.1, -0.05) is 19.3 Å². The van der Waals surface area contributed by atoms with Crippen LogP contribution in [0.4, 0.5) is 13.2 Å². The van der Waals surface area contributed by atoms with Crippen LogP contribution in [0.2, 0.25) is 0 Å². The van der Waals surface area contributed by atoms with Crippen molar-refractivity contribution in [3.05, 3.63) is 0 Å². The zero-order valence-electron chi connectivity index (χ0n) is 10.1. The summed E-state index contributed by atoms with van der Waals surface area (Å²) >= 11 is 1.83. The second-order valence-electron chi connectivity index (χ2n) is 4.42. The number of alkyl halides is 3. The van der Waals surface area contributed by atoms with E-state index in [0.29, 0.717) is 0 Å². The summed E-state index contributed by atoms with van der Waals surface area (Å²) in [5.74, 6) is 0. The van der Waals surface area contributed by atoms with E-state index in [0.717, 1.165) is 19.4 Å². The van der Waals surface area contributed by atoms with E-state index in [-0.39, 0.29) is 17.9 Å². The molecule has 2 nitrogen and oxygen atoms in total. The molecule has 1 aliphatic rings. The van der Waals surface area contributed by atoms with Crippen molar-refractivity contribution in [2.24, 2.45) is 0 Å². The first-order valence-electron chi connectivity index (χ1n) is 5.94. The summed E-state index contributed by atoms with van der Waals surface area (Å²) < 4.78 is 39.1. The highest BCUT2D eigenvalue weighted by atomic mass is 32.2. The lowest BCUT2D eigenvalue weighted by atomic mass is 9.88. The highest BCUT2D eigenvalue weighted by Crippen LogP contribution is 2.37. The van der Waals surface area contributed by atoms with Crippen LogP contribution in [0.25, 0.3) is 0 Å². The topological polar surface area (TPSA) is 21.3 Å². The third-order valence-electron chi connectivity index (χ3n) is 3.19. The fourth-order valence-electron chi connectivity index (χ4n) is 2.20. The Morgan fingerprint density at radius 2 is 1.88 bits per heavy atom. The third-order valence-corrected chi connectivity index (χ3v) is 4.61. The molecule has 0 heterocycles. The molecule has 102 valence electrons. The molecule has 1 rings (SSSR count). The summed E-state index contributed by atoms with van der Waals surface area (Å²) in [7, 11) is 0. The van der Waals surface area contributed by atoms with Crippen molar-refractivity contribution >= 4 is 11.8 Å².